The van der Waals surface area contributed by atoms with E-state index in [0.29, 0.717) is 0 Å². The lowest BCUT2D eigenvalue weighted by atomic mass is 10.00. The van der Waals surface area contributed by atoms with Gasteiger partial charge in [0.2, 0.25) is 5.91 Å². The number of benzene rings is 2. The van der Waals surface area contributed by atoms with E-state index in [1.54, 1.807) is 0 Å². The monoisotopic (exact) mass is 281 g/mol. The summed E-state index contributed by atoms with van der Waals surface area (Å²) in [6.45, 7) is 3.64. The fourth-order valence-electron chi connectivity index (χ4n) is 2.55. The van der Waals surface area contributed by atoms with E-state index in [9.17, 15) is 4.79 Å². The molecule has 0 unspecified atom stereocenters. The van der Waals surface area contributed by atoms with Crippen molar-refractivity contribution in [1.82, 2.24) is 0 Å². The molecule has 2 nitrogen and oxygen atoms in total. The standard InChI is InChI=1S/C19H23NO/c1-15-14-19(20-16(2)21)13-12-18(15)11-7-6-10-17-8-4-3-5-9-17/h3-5,8-9,12-14H,6-7,10-11H2,1-2H3,(H,20,21). The molecule has 0 bridgehead atoms. The summed E-state index contributed by atoms with van der Waals surface area (Å²) >= 11 is 0. The van der Waals surface area contributed by atoms with Crippen LogP contribution >= 0.6 is 0 Å². The number of rotatable bonds is 6. The maximum Gasteiger partial charge on any atom is 0.221 e. The third-order valence-electron chi connectivity index (χ3n) is 3.67. The van der Waals surface area contributed by atoms with E-state index in [0.717, 1.165) is 18.5 Å². The van der Waals surface area contributed by atoms with E-state index in [-0.39, 0.29) is 5.91 Å². The van der Waals surface area contributed by atoms with E-state index >= 15 is 0 Å². The molecule has 0 fully saturated rings. The van der Waals surface area contributed by atoms with E-state index in [2.05, 4.69) is 48.6 Å². The van der Waals surface area contributed by atoms with Gasteiger partial charge in [-0.3, -0.25) is 4.79 Å². The quantitative estimate of drug-likeness (QED) is 0.775. The predicted molar refractivity (Wildman–Crippen MR) is 88.6 cm³/mol. The molecule has 2 heteroatoms. The average molecular weight is 281 g/mol. The highest BCUT2D eigenvalue weighted by Crippen LogP contribution is 2.17. The van der Waals surface area contributed by atoms with Crippen molar-refractivity contribution in [3.8, 4) is 0 Å². The van der Waals surface area contributed by atoms with Gasteiger partial charge in [0.05, 0.1) is 0 Å². The SMILES string of the molecule is CC(=O)Nc1ccc(CCCCc2ccccc2)c(C)c1. The molecule has 2 rings (SSSR count). The second-order valence-electron chi connectivity index (χ2n) is 5.52. The highest BCUT2D eigenvalue weighted by molar-refractivity contribution is 5.88. The van der Waals surface area contributed by atoms with Gasteiger partial charge in [-0.15, -0.1) is 0 Å². The number of nitrogens with one attached hydrogen (secondary N) is 1. The molecule has 110 valence electrons. The second-order valence-corrected chi connectivity index (χ2v) is 5.52. The van der Waals surface area contributed by atoms with Crippen LogP contribution in [-0.4, -0.2) is 5.91 Å². The van der Waals surface area contributed by atoms with Gasteiger partial charge in [-0.1, -0.05) is 36.4 Å². The van der Waals surface area contributed by atoms with Gasteiger partial charge < -0.3 is 5.32 Å². The Balaban J connectivity index is 1.82. The van der Waals surface area contributed by atoms with Crippen LogP contribution in [0.2, 0.25) is 0 Å². The first-order valence-electron chi connectivity index (χ1n) is 7.56. The summed E-state index contributed by atoms with van der Waals surface area (Å²) in [4.78, 5) is 11.0. The molecule has 2 aromatic rings. The third-order valence-corrected chi connectivity index (χ3v) is 3.67. The van der Waals surface area contributed by atoms with E-state index in [1.165, 1.54) is 36.5 Å². The Morgan fingerprint density at radius 1 is 1.00 bits per heavy atom. The molecular weight excluding hydrogens is 258 g/mol. The summed E-state index contributed by atoms with van der Waals surface area (Å²) in [5.74, 6) is -0.0231. The maximum atomic E-state index is 11.0. The predicted octanol–water partition coefficient (Wildman–Crippen LogP) is 4.52. The van der Waals surface area contributed by atoms with Crippen molar-refractivity contribution in [1.29, 1.82) is 0 Å². The number of unbranched alkanes of at least 4 members (excludes halogenated alkanes) is 1. The van der Waals surface area contributed by atoms with Crippen molar-refractivity contribution in [2.24, 2.45) is 0 Å². The highest BCUT2D eigenvalue weighted by Gasteiger charge is 2.02. The molecule has 21 heavy (non-hydrogen) atoms. The third kappa shape index (κ3) is 5.07. The van der Waals surface area contributed by atoms with Crippen LogP contribution in [0.3, 0.4) is 0 Å². The van der Waals surface area contributed by atoms with Gasteiger partial charge in [0.15, 0.2) is 0 Å². The van der Waals surface area contributed by atoms with Crippen LogP contribution in [0.25, 0.3) is 0 Å². The van der Waals surface area contributed by atoms with Crippen molar-refractivity contribution < 1.29 is 4.79 Å². The minimum Gasteiger partial charge on any atom is -0.326 e. The zero-order chi connectivity index (χ0) is 15.1. The Morgan fingerprint density at radius 2 is 1.71 bits per heavy atom. The van der Waals surface area contributed by atoms with E-state index in [1.807, 2.05) is 12.1 Å². The first-order chi connectivity index (χ1) is 10.1. The van der Waals surface area contributed by atoms with Crippen LogP contribution in [-0.2, 0) is 17.6 Å². The molecule has 0 heterocycles. The Hall–Kier alpha value is -2.09. The van der Waals surface area contributed by atoms with Crippen LogP contribution in [0.1, 0.15) is 36.5 Å². The summed E-state index contributed by atoms with van der Waals surface area (Å²) < 4.78 is 0. The van der Waals surface area contributed by atoms with E-state index < -0.39 is 0 Å². The molecule has 0 aliphatic rings. The Labute approximate surface area is 127 Å². The smallest absolute Gasteiger partial charge is 0.221 e. The van der Waals surface area contributed by atoms with Gasteiger partial charge in [-0.25, -0.2) is 0 Å². The van der Waals surface area contributed by atoms with Crippen LogP contribution in [0.5, 0.6) is 0 Å². The summed E-state index contributed by atoms with van der Waals surface area (Å²) in [6.07, 6.45) is 4.63. The van der Waals surface area contributed by atoms with Crippen LogP contribution in [0.4, 0.5) is 5.69 Å². The maximum absolute atomic E-state index is 11.0. The van der Waals surface area contributed by atoms with Gasteiger partial charge >= 0.3 is 0 Å². The highest BCUT2D eigenvalue weighted by atomic mass is 16.1. The fourth-order valence-corrected chi connectivity index (χ4v) is 2.55. The van der Waals surface area contributed by atoms with Crippen molar-refractivity contribution in [2.75, 3.05) is 5.32 Å². The molecule has 2 aromatic carbocycles. The fraction of sp³-hybridized carbons (Fsp3) is 0.316. The van der Waals surface area contributed by atoms with Crippen molar-refractivity contribution in [3.63, 3.8) is 0 Å². The number of hydrogen-bond acceptors (Lipinski definition) is 1. The summed E-state index contributed by atoms with van der Waals surface area (Å²) in [7, 11) is 0. The number of amides is 1. The first-order valence-corrected chi connectivity index (χ1v) is 7.56. The van der Waals surface area contributed by atoms with Crippen LogP contribution in [0, 0.1) is 6.92 Å². The second kappa shape index (κ2) is 7.63. The lowest BCUT2D eigenvalue weighted by Gasteiger charge is -2.09. The average Bonchev–Trinajstić information content (AvgIpc) is 2.46. The molecule has 0 aromatic heterocycles. The first kappa shape index (κ1) is 15.3. The van der Waals surface area contributed by atoms with Gasteiger partial charge in [0.1, 0.15) is 0 Å². The van der Waals surface area contributed by atoms with Crippen LogP contribution in [0.15, 0.2) is 48.5 Å². The molecule has 1 amide bonds. The molecule has 0 spiro atoms. The Kier molecular flexibility index (Phi) is 5.56. The zero-order valence-corrected chi connectivity index (χ0v) is 12.9. The van der Waals surface area contributed by atoms with Gasteiger partial charge in [0, 0.05) is 12.6 Å². The molecule has 1 N–H and O–H groups in total. The summed E-state index contributed by atoms with van der Waals surface area (Å²) in [5.41, 5.74) is 4.92. The minimum absolute atomic E-state index is 0.0231. The van der Waals surface area contributed by atoms with Crippen molar-refractivity contribution in [3.05, 3.63) is 65.2 Å². The van der Waals surface area contributed by atoms with E-state index in [4.69, 9.17) is 0 Å². The van der Waals surface area contributed by atoms with Crippen molar-refractivity contribution >= 4 is 11.6 Å². The summed E-state index contributed by atoms with van der Waals surface area (Å²) in [6, 6.07) is 16.8. The Bertz CT molecular complexity index is 590. The molecular formula is C19H23NO. The van der Waals surface area contributed by atoms with Crippen molar-refractivity contribution in [2.45, 2.75) is 39.5 Å². The lowest BCUT2D eigenvalue weighted by Crippen LogP contribution is -2.06. The van der Waals surface area contributed by atoms with Crippen LogP contribution < -0.4 is 5.32 Å². The van der Waals surface area contributed by atoms with Gasteiger partial charge in [0.25, 0.3) is 0 Å². The number of anilines is 1. The summed E-state index contributed by atoms with van der Waals surface area (Å²) in [5, 5.41) is 2.82. The molecule has 0 saturated carbocycles. The zero-order valence-electron chi connectivity index (χ0n) is 12.9. The molecule has 0 aliphatic heterocycles. The number of carbonyl (C=O) groups excluding carboxylic acids is 1. The minimum atomic E-state index is -0.0231. The van der Waals surface area contributed by atoms with Gasteiger partial charge in [-0.2, -0.15) is 0 Å². The molecule has 0 saturated heterocycles. The molecule has 0 aliphatic carbocycles. The lowest BCUT2D eigenvalue weighted by molar-refractivity contribution is -0.114. The normalized spacial score (nSPS) is 10.4. The number of aryl methyl sites for hydroxylation is 3. The number of carbonyl (C=O) groups is 1. The largest absolute Gasteiger partial charge is 0.326 e. The Morgan fingerprint density at radius 3 is 2.38 bits per heavy atom. The molecule has 0 atom stereocenters. The number of hydrogen-bond donors (Lipinski definition) is 1. The van der Waals surface area contributed by atoms with Gasteiger partial charge in [-0.05, 0) is 61.4 Å². The topological polar surface area (TPSA) is 29.1 Å². The molecule has 0 radical (unpaired) electrons.